The van der Waals surface area contributed by atoms with Crippen molar-refractivity contribution in [3.05, 3.63) is 6.54 Å². The van der Waals surface area contributed by atoms with Crippen molar-refractivity contribution in [2.75, 3.05) is 13.6 Å². The van der Waals surface area contributed by atoms with Gasteiger partial charge in [-0.05, 0) is 6.42 Å². The molecule has 1 rings (SSSR count). The number of carbonyl (C=O) groups excluding carboxylic acids is 1. The molecule has 0 spiro atoms. The minimum atomic E-state index is 0.110. The summed E-state index contributed by atoms with van der Waals surface area (Å²) in [5, 5.41) is 4.05. The van der Waals surface area contributed by atoms with Gasteiger partial charge in [0, 0.05) is 20.5 Å². The minimum absolute atomic E-state index is 0.110. The molecule has 1 fully saturated rings. The number of likely N-dealkylation sites (N-methyl/N-ethyl adjacent to an activating group) is 1. The van der Waals surface area contributed by atoms with E-state index in [9.17, 15) is 4.79 Å². The molecule has 1 atom stereocenters. The van der Waals surface area contributed by atoms with Gasteiger partial charge in [0.25, 0.3) is 0 Å². The predicted octanol–water partition coefficient (Wildman–Crippen LogP) is 0.00319. The van der Waals surface area contributed by atoms with E-state index in [-0.39, 0.29) is 11.9 Å². The van der Waals surface area contributed by atoms with E-state index in [1.807, 2.05) is 13.6 Å². The second kappa shape index (κ2) is 3.01. The number of carbonyl (C=O) groups is 1. The molecule has 0 bridgehead atoms. The van der Waals surface area contributed by atoms with Crippen LogP contribution in [-0.4, -0.2) is 30.4 Å². The summed E-state index contributed by atoms with van der Waals surface area (Å²) in [6, 6.07) is 0.248. The molecule has 2 radical (unpaired) electrons. The Balaban J connectivity index is 2.39. The number of amides is 1. The zero-order valence-corrected chi connectivity index (χ0v) is 6.37. The Morgan fingerprint density at radius 3 is 2.90 bits per heavy atom. The first-order valence-electron chi connectivity index (χ1n) is 3.45. The normalized spacial score (nSPS) is 24.8. The van der Waals surface area contributed by atoms with Gasteiger partial charge in [-0.15, -0.1) is 0 Å². The molecule has 0 aromatic heterocycles. The van der Waals surface area contributed by atoms with Crippen LogP contribution < -0.4 is 5.32 Å². The lowest BCUT2D eigenvalue weighted by Crippen LogP contribution is -2.33. The SMILES string of the molecule is CC(=O)N(C)C1[CH][N]CC1. The van der Waals surface area contributed by atoms with Crippen molar-refractivity contribution >= 4 is 5.91 Å². The third kappa shape index (κ3) is 1.48. The van der Waals surface area contributed by atoms with Crippen LogP contribution in [0.4, 0.5) is 0 Å². The molecule has 1 aliphatic heterocycles. The number of hydrogen-bond acceptors (Lipinski definition) is 1. The monoisotopic (exact) mass is 140 g/mol. The average Bonchev–Trinajstić information content (AvgIpc) is 2.36. The van der Waals surface area contributed by atoms with Crippen molar-refractivity contribution in [3.63, 3.8) is 0 Å². The van der Waals surface area contributed by atoms with Gasteiger partial charge in [0.1, 0.15) is 0 Å². The molecule has 1 saturated heterocycles. The summed E-state index contributed by atoms with van der Waals surface area (Å²) in [5.74, 6) is 0.110. The first-order chi connectivity index (χ1) is 4.72. The Morgan fingerprint density at radius 1 is 1.80 bits per heavy atom. The maximum Gasteiger partial charge on any atom is 0.219 e. The Hall–Kier alpha value is -0.570. The molecule has 1 heterocycles. The lowest BCUT2D eigenvalue weighted by molar-refractivity contribution is -0.128. The van der Waals surface area contributed by atoms with Gasteiger partial charge < -0.3 is 4.90 Å². The van der Waals surface area contributed by atoms with Gasteiger partial charge in [-0.2, -0.15) is 0 Å². The van der Waals surface area contributed by atoms with Crippen LogP contribution in [0.1, 0.15) is 13.3 Å². The third-order valence-corrected chi connectivity index (χ3v) is 1.83. The molecule has 1 aliphatic rings. The number of rotatable bonds is 1. The fourth-order valence-electron chi connectivity index (χ4n) is 1.00. The maximum absolute atomic E-state index is 10.8. The Morgan fingerprint density at radius 2 is 2.50 bits per heavy atom. The summed E-state index contributed by atoms with van der Waals surface area (Å²) < 4.78 is 0. The van der Waals surface area contributed by atoms with E-state index in [2.05, 4.69) is 5.32 Å². The zero-order valence-electron chi connectivity index (χ0n) is 6.37. The van der Waals surface area contributed by atoms with Gasteiger partial charge in [-0.1, -0.05) is 0 Å². The van der Waals surface area contributed by atoms with Crippen LogP contribution in [0.2, 0.25) is 0 Å². The first-order valence-corrected chi connectivity index (χ1v) is 3.45. The van der Waals surface area contributed by atoms with Gasteiger partial charge in [-0.3, -0.25) is 4.79 Å². The quantitative estimate of drug-likeness (QED) is 0.505. The summed E-state index contributed by atoms with van der Waals surface area (Å²) in [6.07, 6.45) is 0.982. The molecule has 3 heteroatoms. The molecule has 1 amide bonds. The summed E-state index contributed by atoms with van der Waals surface area (Å²) in [7, 11) is 1.81. The topological polar surface area (TPSA) is 34.4 Å². The van der Waals surface area contributed by atoms with Crippen molar-refractivity contribution in [3.8, 4) is 0 Å². The number of hydrogen-bond donors (Lipinski definition) is 0. The average molecular weight is 140 g/mol. The molecule has 1 unspecified atom stereocenters. The molecule has 3 nitrogen and oxygen atoms in total. The van der Waals surface area contributed by atoms with Crippen molar-refractivity contribution in [1.29, 1.82) is 0 Å². The van der Waals surface area contributed by atoms with Crippen molar-refractivity contribution < 1.29 is 4.79 Å². The fourth-order valence-corrected chi connectivity index (χ4v) is 1.00. The van der Waals surface area contributed by atoms with Gasteiger partial charge in [0.15, 0.2) is 0 Å². The third-order valence-electron chi connectivity index (χ3n) is 1.83. The second-order valence-electron chi connectivity index (χ2n) is 2.54. The van der Waals surface area contributed by atoms with Gasteiger partial charge in [0.05, 0.1) is 12.6 Å². The Kier molecular flexibility index (Phi) is 2.27. The van der Waals surface area contributed by atoms with E-state index in [1.54, 1.807) is 11.8 Å². The zero-order chi connectivity index (χ0) is 7.56. The molecule has 56 valence electrons. The Labute approximate surface area is 61.4 Å². The van der Waals surface area contributed by atoms with Crippen LogP contribution in [0.5, 0.6) is 0 Å². The molecule has 0 saturated carbocycles. The molecule has 0 aliphatic carbocycles. The van der Waals surface area contributed by atoms with E-state index < -0.39 is 0 Å². The van der Waals surface area contributed by atoms with Gasteiger partial charge >= 0.3 is 0 Å². The van der Waals surface area contributed by atoms with Crippen molar-refractivity contribution in [1.82, 2.24) is 10.2 Å². The number of nitrogens with zero attached hydrogens (tertiary/aromatic N) is 2. The summed E-state index contributed by atoms with van der Waals surface area (Å²) in [5.41, 5.74) is 0. The van der Waals surface area contributed by atoms with E-state index >= 15 is 0 Å². The molecular weight excluding hydrogens is 128 g/mol. The lowest BCUT2D eigenvalue weighted by Gasteiger charge is -2.20. The highest BCUT2D eigenvalue weighted by Gasteiger charge is 2.21. The fraction of sp³-hybridized carbons (Fsp3) is 0.714. The molecule has 0 aromatic rings. The standard InChI is InChI=1S/C7H12N2O/c1-6(10)9(2)7-3-4-8-5-7/h5,7H,3-4H2,1-2H3. The summed E-state index contributed by atoms with van der Waals surface area (Å²) in [6.45, 7) is 4.29. The maximum atomic E-state index is 10.8. The predicted molar refractivity (Wildman–Crippen MR) is 38.2 cm³/mol. The summed E-state index contributed by atoms with van der Waals surface area (Å²) >= 11 is 0. The van der Waals surface area contributed by atoms with Crippen molar-refractivity contribution in [2.24, 2.45) is 0 Å². The van der Waals surface area contributed by atoms with Gasteiger partial charge in [0.2, 0.25) is 5.91 Å². The highest BCUT2D eigenvalue weighted by atomic mass is 16.2. The molecule has 10 heavy (non-hydrogen) atoms. The van der Waals surface area contributed by atoms with E-state index in [0.717, 1.165) is 13.0 Å². The van der Waals surface area contributed by atoms with Crippen LogP contribution in [0.25, 0.3) is 0 Å². The Bertz CT molecular complexity index is 130. The van der Waals surface area contributed by atoms with Crippen LogP contribution in [0.3, 0.4) is 0 Å². The summed E-state index contributed by atoms with van der Waals surface area (Å²) in [4.78, 5) is 12.5. The van der Waals surface area contributed by atoms with Crippen molar-refractivity contribution in [2.45, 2.75) is 19.4 Å². The van der Waals surface area contributed by atoms with E-state index in [0.29, 0.717) is 0 Å². The lowest BCUT2D eigenvalue weighted by atomic mass is 10.2. The van der Waals surface area contributed by atoms with E-state index in [1.165, 1.54) is 0 Å². The van der Waals surface area contributed by atoms with Crippen LogP contribution in [0, 0.1) is 6.54 Å². The minimum Gasteiger partial charge on any atom is -0.341 e. The highest BCUT2D eigenvalue weighted by molar-refractivity contribution is 5.73. The highest BCUT2D eigenvalue weighted by Crippen LogP contribution is 2.10. The molecule has 0 aromatic carbocycles. The van der Waals surface area contributed by atoms with E-state index in [4.69, 9.17) is 0 Å². The van der Waals surface area contributed by atoms with Gasteiger partial charge in [-0.25, -0.2) is 5.32 Å². The first kappa shape index (κ1) is 7.54. The van der Waals surface area contributed by atoms with Crippen LogP contribution >= 0.6 is 0 Å². The molecular formula is C7H12N2O. The van der Waals surface area contributed by atoms with Crippen LogP contribution in [-0.2, 0) is 4.79 Å². The van der Waals surface area contributed by atoms with Crippen LogP contribution in [0.15, 0.2) is 0 Å². The second-order valence-corrected chi connectivity index (χ2v) is 2.54. The largest absolute Gasteiger partial charge is 0.341 e. The molecule has 0 N–H and O–H groups in total. The smallest absolute Gasteiger partial charge is 0.219 e.